The number of thiophene rings is 1. The molecule has 3 heteroatoms. The van der Waals surface area contributed by atoms with E-state index in [1.54, 1.807) is 0 Å². The highest BCUT2D eigenvalue weighted by Gasteiger charge is 2.19. The molecule has 0 spiro atoms. The number of hydrogen-bond acceptors (Lipinski definition) is 1. The maximum absolute atomic E-state index is 2.48. The van der Waals surface area contributed by atoms with Gasteiger partial charge >= 0.3 is 0 Å². The van der Waals surface area contributed by atoms with Crippen LogP contribution in [0.15, 0.2) is 206 Å². The molecule has 0 aliphatic rings. The van der Waals surface area contributed by atoms with Crippen LogP contribution in [0.2, 0.25) is 0 Å². The average Bonchev–Trinajstić information content (AvgIpc) is 3.94. The highest BCUT2D eigenvalue weighted by atomic mass is 32.1. The molecule has 9 aromatic carbocycles. The van der Waals surface area contributed by atoms with Gasteiger partial charge in [0.2, 0.25) is 0 Å². The molecule has 2 nitrogen and oxygen atoms in total. The summed E-state index contributed by atoms with van der Waals surface area (Å²) in [6.07, 6.45) is 0. The molecule has 0 aliphatic carbocycles. The first-order chi connectivity index (χ1) is 28.3. The number of hydrogen-bond donors (Lipinski definition) is 0. The smallest absolute Gasteiger partial charge is 0.0640 e. The minimum atomic E-state index is 1.16. The van der Waals surface area contributed by atoms with Crippen LogP contribution in [0.4, 0.5) is 0 Å². The van der Waals surface area contributed by atoms with E-state index in [-0.39, 0.29) is 0 Å². The van der Waals surface area contributed by atoms with E-state index in [1.807, 2.05) is 11.3 Å². The second-order valence-electron chi connectivity index (χ2n) is 14.9. The van der Waals surface area contributed by atoms with Crippen LogP contribution in [0.5, 0.6) is 0 Å². The summed E-state index contributed by atoms with van der Waals surface area (Å²) in [6, 6.07) is 75.5. The van der Waals surface area contributed by atoms with Crippen molar-refractivity contribution >= 4 is 75.1 Å². The average molecular weight is 743 g/mol. The Morgan fingerprint density at radius 3 is 1.56 bits per heavy atom. The molecule has 3 aromatic heterocycles. The Kier molecular flexibility index (Phi) is 7.13. The fourth-order valence-corrected chi connectivity index (χ4v) is 10.4. The van der Waals surface area contributed by atoms with Crippen LogP contribution in [0.1, 0.15) is 0 Å². The summed E-state index contributed by atoms with van der Waals surface area (Å²) in [4.78, 5) is 0. The number of benzene rings is 9. The quantitative estimate of drug-likeness (QED) is 0.166. The zero-order chi connectivity index (χ0) is 37.5. The maximum atomic E-state index is 2.48. The van der Waals surface area contributed by atoms with Crippen molar-refractivity contribution in [3.63, 3.8) is 0 Å². The SMILES string of the molecule is c1ccc(-c2cccc(-n3c4ccccc4c4cc(-c5ccc6c(c5)c5ccccc5n6-c5cccc6c5sc5cccc(-c7ccccc7)c56)ccc43)c2)cc1. The maximum Gasteiger partial charge on any atom is 0.0640 e. The Morgan fingerprint density at radius 1 is 0.316 bits per heavy atom. The van der Waals surface area contributed by atoms with E-state index in [4.69, 9.17) is 0 Å². The molecule has 0 aliphatic heterocycles. The summed E-state index contributed by atoms with van der Waals surface area (Å²) >= 11 is 1.89. The van der Waals surface area contributed by atoms with E-state index in [2.05, 4.69) is 215 Å². The van der Waals surface area contributed by atoms with Gasteiger partial charge in [0, 0.05) is 42.7 Å². The fraction of sp³-hybridized carbons (Fsp3) is 0. The number of rotatable bonds is 5. The lowest BCUT2D eigenvalue weighted by Crippen LogP contribution is -1.94. The molecule has 0 saturated heterocycles. The molecule has 0 fully saturated rings. The number of nitrogens with zero attached hydrogens (tertiary/aromatic N) is 2. The highest BCUT2D eigenvalue weighted by Crippen LogP contribution is 2.45. The summed E-state index contributed by atoms with van der Waals surface area (Å²) < 4.78 is 7.50. The van der Waals surface area contributed by atoms with E-state index in [9.17, 15) is 0 Å². The lowest BCUT2D eigenvalue weighted by molar-refractivity contribution is 1.18. The van der Waals surface area contributed by atoms with Gasteiger partial charge in [-0.15, -0.1) is 11.3 Å². The third-order valence-electron chi connectivity index (χ3n) is 11.7. The summed E-state index contributed by atoms with van der Waals surface area (Å²) in [5.74, 6) is 0. The van der Waals surface area contributed by atoms with E-state index in [0.29, 0.717) is 0 Å². The lowest BCUT2D eigenvalue weighted by atomic mass is 9.99. The van der Waals surface area contributed by atoms with Gasteiger partial charge in [-0.3, -0.25) is 0 Å². The van der Waals surface area contributed by atoms with E-state index < -0.39 is 0 Å². The van der Waals surface area contributed by atoms with Crippen LogP contribution in [0, 0.1) is 0 Å². The number of para-hydroxylation sites is 2. The monoisotopic (exact) mass is 742 g/mol. The summed E-state index contributed by atoms with van der Waals surface area (Å²) in [5.41, 5.74) is 14.6. The van der Waals surface area contributed by atoms with E-state index in [0.717, 1.165) is 5.69 Å². The van der Waals surface area contributed by atoms with Gasteiger partial charge in [-0.2, -0.15) is 0 Å². The first-order valence-electron chi connectivity index (χ1n) is 19.5. The van der Waals surface area contributed by atoms with Gasteiger partial charge in [-0.05, 0) is 94.0 Å². The van der Waals surface area contributed by atoms with Gasteiger partial charge in [-0.1, -0.05) is 146 Å². The molecule has 266 valence electrons. The molecule has 12 aromatic rings. The molecular formula is C54H34N2S. The van der Waals surface area contributed by atoms with Crippen molar-refractivity contribution in [3.05, 3.63) is 206 Å². The Balaban J connectivity index is 1.02. The minimum Gasteiger partial charge on any atom is -0.309 e. The third kappa shape index (κ3) is 4.96. The predicted molar refractivity (Wildman–Crippen MR) is 244 cm³/mol. The largest absolute Gasteiger partial charge is 0.309 e. The minimum absolute atomic E-state index is 1.16. The Bertz CT molecular complexity index is 3510. The third-order valence-corrected chi connectivity index (χ3v) is 12.9. The molecule has 12 rings (SSSR count). The fourth-order valence-electron chi connectivity index (χ4n) is 9.17. The zero-order valence-electron chi connectivity index (χ0n) is 30.9. The van der Waals surface area contributed by atoms with Crippen LogP contribution in [0.3, 0.4) is 0 Å². The first kappa shape index (κ1) is 32.1. The molecule has 0 bridgehead atoms. The number of fused-ring (bicyclic) bond motifs is 9. The van der Waals surface area contributed by atoms with Crippen LogP contribution >= 0.6 is 11.3 Å². The number of aromatic nitrogens is 2. The van der Waals surface area contributed by atoms with E-state index >= 15 is 0 Å². The van der Waals surface area contributed by atoms with Crippen molar-refractivity contribution in [1.29, 1.82) is 0 Å². The van der Waals surface area contributed by atoms with Gasteiger partial charge in [-0.25, -0.2) is 0 Å². The van der Waals surface area contributed by atoms with Crippen LogP contribution in [-0.4, -0.2) is 9.13 Å². The molecule has 0 amide bonds. The van der Waals surface area contributed by atoms with Crippen molar-refractivity contribution in [2.45, 2.75) is 0 Å². The Morgan fingerprint density at radius 2 is 0.842 bits per heavy atom. The Labute approximate surface area is 333 Å². The van der Waals surface area contributed by atoms with Gasteiger partial charge < -0.3 is 9.13 Å². The van der Waals surface area contributed by atoms with Gasteiger partial charge in [0.15, 0.2) is 0 Å². The summed E-state index contributed by atoms with van der Waals surface area (Å²) in [6.45, 7) is 0. The molecule has 0 N–H and O–H groups in total. The van der Waals surface area contributed by atoms with Gasteiger partial charge in [0.1, 0.15) is 0 Å². The van der Waals surface area contributed by atoms with Crippen molar-refractivity contribution in [2.75, 3.05) is 0 Å². The zero-order valence-corrected chi connectivity index (χ0v) is 31.7. The molecule has 0 radical (unpaired) electrons. The topological polar surface area (TPSA) is 9.86 Å². The summed E-state index contributed by atoms with van der Waals surface area (Å²) in [5, 5.41) is 7.65. The second kappa shape index (κ2) is 12.7. The van der Waals surface area contributed by atoms with Crippen LogP contribution in [0.25, 0.3) is 109 Å². The van der Waals surface area contributed by atoms with E-state index in [1.165, 1.54) is 103 Å². The molecule has 0 unspecified atom stereocenters. The molecule has 57 heavy (non-hydrogen) atoms. The lowest BCUT2D eigenvalue weighted by Gasteiger charge is -2.11. The highest BCUT2D eigenvalue weighted by molar-refractivity contribution is 7.26. The molecule has 3 heterocycles. The second-order valence-corrected chi connectivity index (χ2v) is 15.9. The molecular weight excluding hydrogens is 709 g/mol. The van der Waals surface area contributed by atoms with Crippen molar-refractivity contribution in [3.8, 4) is 44.8 Å². The summed E-state index contributed by atoms with van der Waals surface area (Å²) in [7, 11) is 0. The van der Waals surface area contributed by atoms with Crippen LogP contribution < -0.4 is 0 Å². The van der Waals surface area contributed by atoms with Crippen molar-refractivity contribution in [1.82, 2.24) is 9.13 Å². The van der Waals surface area contributed by atoms with Crippen LogP contribution in [-0.2, 0) is 0 Å². The van der Waals surface area contributed by atoms with Crippen molar-refractivity contribution in [2.24, 2.45) is 0 Å². The van der Waals surface area contributed by atoms with Gasteiger partial charge in [0.25, 0.3) is 0 Å². The predicted octanol–water partition coefficient (Wildman–Crippen LogP) is 15.2. The normalized spacial score (nSPS) is 11.9. The Hall–Kier alpha value is -7.20. The van der Waals surface area contributed by atoms with Gasteiger partial charge in [0.05, 0.1) is 32.5 Å². The van der Waals surface area contributed by atoms with Crippen molar-refractivity contribution < 1.29 is 0 Å². The molecule has 0 atom stereocenters. The molecule has 0 saturated carbocycles. The first-order valence-corrected chi connectivity index (χ1v) is 20.3. The standard InChI is InChI=1S/C54H34N2S/c1-3-14-35(15-4-1)37-18-11-19-40(32-37)55-47-24-9-7-20-42(47)45-33-38(28-30-49(45)55)39-29-31-50-46(34-39)43-21-8-10-25-48(43)56(50)51-26-12-23-44-53-41(36-16-5-2-6-17-36)22-13-27-52(53)57-54(44)51/h1-34H.